The Morgan fingerprint density at radius 2 is 2.06 bits per heavy atom. The maximum absolute atomic E-state index is 11.2. The average molecular weight is 239 g/mol. The Morgan fingerprint density at radius 1 is 1.41 bits per heavy atom. The first-order chi connectivity index (χ1) is 7.95. The van der Waals surface area contributed by atoms with Crippen LogP contribution in [0.1, 0.15) is 17.3 Å². The number of esters is 1. The molecule has 1 atom stereocenters. The summed E-state index contributed by atoms with van der Waals surface area (Å²) in [5.41, 5.74) is 5.81. The number of anilines is 1. The zero-order chi connectivity index (χ0) is 13.0. The van der Waals surface area contributed by atoms with Gasteiger partial charge in [0.25, 0.3) is 0 Å². The summed E-state index contributed by atoms with van der Waals surface area (Å²) in [6.07, 6.45) is -0.903. The number of carboxylic acids is 1. The lowest BCUT2D eigenvalue weighted by Crippen LogP contribution is -2.25. The van der Waals surface area contributed by atoms with Gasteiger partial charge in [-0.15, -0.1) is 0 Å². The monoisotopic (exact) mass is 239 g/mol. The van der Waals surface area contributed by atoms with Crippen molar-refractivity contribution >= 4 is 17.6 Å². The van der Waals surface area contributed by atoms with E-state index in [9.17, 15) is 9.59 Å². The highest BCUT2D eigenvalue weighted by molar-refractivity contribution is 5.91. The zero-order valence-electron chi connectivity index (χ0n) is 9.47. The maximum Gasteiger partial charge on any atom is 0.346 e. The van der Waals surface area contributed by atoms with Crippen LogP contribution in [0.15, 0.2) is 18.2 Å². The molecule has 1 aromatic rings. The third kappa shape index (κ3) is 3.10. The number of aromatic carboxylic acids is 1. The van der Waals surface area contributed by atoms with Crippen LogP contribution in [0, 0.1) is 0 Å². The first-order valence-electron chi connectivity index (χ1n) is 4.83. The molecule has 1 unspecified atom stereocenters. The second-order valence-corrected chi connectivity index (χ2v) is 3.34. The Labute approximate surface area is 97.9 Å². The molecular weight excluding hydrogens is 226 g/mol. The SMILES string of the molecule is COC(=O)C(C)Oc1cc(N)ccc1C(=O)O. The number of hydrogen-bond acceptors (Lipinski definition) is 5. The van der Waals surface area contributed by atoms with E-state index in [0.29, 0.717) is 5.69 Å². The molecule has 0 amide bonds. The average Bonchev–Trinajstić information content (AvgIpc) is 2.27. The molecule has 0 aliphatic heterocycles. The number of carboxylic acid groups (broad SMARTS) is 1. The highest BCUT2D eigenvalue weighted by Gasteiger charge is 2.19. The van der Waals surface area contributed by atoms with Crippen LogP contribution in [-0.2, 0) is 9.53 Å². The van der Waals surface area contributed by atoms with E-state index in [-0.39, 0.29) is 11.3 Å². The Kier molecular flexibility index (Phi) is 3.92. The maximum atomic E-state index is 11.2. The number of rotatable bonds is 4. The number of carbonyl (C=O) groups is 2. The van der Waals surface area contributed by atoms with Gasteiger partial charge in [-0.1, -0.05) is 0 Å². The van der Waals surface area contributed by atoms with Gasteiger partial charge >= 0.3 is 11.9 Å². The minimum Gasteiger partial charge on any atom is -0.478 e. The highest BCUT2D eigenvalue weighted by atomic mass is 16.6. The Morgan fingerprint density at radius 3 is 2.59 bits per heavy atom. The van der Waals surface area contributed by atoms with Gasteiger partial charge in [-0.2, -0.15) is 0 Å². The molecule has 0 aliphatic carbocycles. The zero-order valence-corrected chi connectivity index (χ0v) is 9.47. The van der Waals surface area contributed by atoms with Gasteiger partial charge in [-0.05, 0) is 19.1 Å². The van der Waals surface area contributed by atoms with Crippen molar-refractivity contribution in [1.29, 1.82) is 0 Å². The van der Waals surface area contributed by atoms with Crippen molar-refractivity contribution < 1.29 is 24.2 Å². The topological polar surface area (TPSA) is 98.9 Å². The first-order valence-corrected chi connectivity index (χ1v) is 4.83. The Balaban J connectivity index is 3.00. The minimum atomic E-state index is -1.16. The van der Waals surface area contributed by atoms with Gasteiger partial charge in [0.1, 0.15) is 11.3 Å². The first kappa shape index (κ1) is 12.8. The summed E-state index contributed by atoms with van der Waals surface area (Å²) in [6, 6.07) is 4.11. The van der Waals surface area contributed by atoms with Crippen LogP contribution < -0.4 is 10.5 Å². The molecule has 6 nitrogen and oxygen atoms in total. The van der Waals surface area contributed by atoms with E-state index in [4.69, 9.17) is 15.6 Å². The van der Waals surface area contributed by atoms with Gasteiger partial charge < -0.3 is 20.3 Å². The molecule has 1 aromatic carbocycles. The number of benzene rings is 1. The molecule has 0 saturated heterocycles. The predicted octanol–water partition coefficient (Wildman–Crippen LogP) is 0.907. The lowest BCUT2D eigenvalue weighted by Gasteiger charge is -2.14. The lowest BCUT2D eigenvalue weighted by atomic mass is 10.2. The van der Waals surface area contributed by atoms with Crippen molar-refractivity contribution in [2.24, 2.45) is 0 Å². The third-order valence-electron chi connectivity index (χ3n) is 2.07. The molecule has 17 heavy (non-hydrogen) atoms. The summed E-state index contributed by atoms with van der Waals surface area (Å²) in [7, 11) is 1.22. The van der Waals surface area contributed by atoms with Crippen molar-refractivity contribution in [2.45, 2.75) is 13.0 Å². The molecule has 0 saturated carbocycles. The number of hydrogen-bond donors (Lipinski definition) is 2. The predicted molar refractivity (Wildman–Crippen MR) is 59.9 cm³/mol. The smallest absolute Gasteiger partial charge is 0.346 e. The summed E-state index contributed by atoms with van der Waals surface area (Å²) < 4.78 is 9.68. The normalized spacial score (nSPS) is 11.6. The number of nitrogens with two attached hydrogens (primary N) is 1. The van der Waals surface area contributed by atoms with Crippen molar-refractivity contribution in [1.82, 2.24) is 0 Å². The van der Waals surface area contributed by atoms with E-state index in [2.05, 4.69) is 4.74 Å². The molecule has 0 aromatic heterocycles. The van der Waals surface area contributed by atoms with Crippen LogP contribution in [0.3, 0.4) is 0 Å². The molecule has 1 rings (SSSR count). The van der Waals surface area contributed by atoms with Crippen LogP contribution in [-0.4, -0.2) is 30.3 Å². The standard InChI is InChI=1S/C11H13NO5/c1-6(11(15)16-2)17-9-5-7(12)3-4-8(9)10(13)14/h3-6H,12H2,1-2H3,(H,13,14). The molecule has 0 aliphatic rings. The van der Waals surface area contributed by atoms with E-state index in [0.717, 1.165) is 0 Å². The number of methoxy groups -OCH3 is 1. The van der Waals surface area contributed by atoms with E-state index in [1.807, 2.05) is 0 Å². The number of carbonyl (C=O) groups excluding carboxylic acids is 1. The summed E-state index contributed by atoms with van der Waals surface area (Å²) in [4.78, 5) is 22.1. The lowest BCUT2D eigenvalue weighted by molar-refractivity contribution is -0.147. The van der Waals surface area contributed by atoms with Gasteiger partial charge in [0, 0.05) is 11.8 Å². The Hall–Kier alpha value is -2.24. The molecule has 92 valence electrons. The van der Waals surface area contributed by atoms with E-state index < -0.39 is 18.0 Å². The van der Waals surface area contributed by atoms with Gasteiger partial charge in [0.15, 0.2) is 6.10 Å². The van der Waals surface area contributed by atoms with Gasteiger partial charge in [0.05, 0.1) is 7.11 Å². The fraction of sp³-hybridized carbons (Fsp3) is 0.273. The number of ether oxygens (including phenoxy) is 2. The fourth-order valence-corrected chi connectivity index (χ4v) is 1.22. The van der Waals surface area contributed by atoms with Gasteiger partial charge in [-0.3, -0.25) is 0 Å². The van der Waals surface area contributed by atoms with Crippen molar-refractivity contribution in [2.75, 3.05) is 12.8 Å². The summed E-state index contributed by atoms with van der Waals surface area (Å²) in [5, 5.41) is 8.93. The van der Waals surface area contributed by atoms with Crippen molar-refractivity contribution in [3.05, 3.63) is 23.8 Å². The third-order valence-corrected chi connectivity index (χ3v) is 2.07. The summed E-state index contributed by atoms with van der Waals surface area (Å²) >= 11 is 0. The van der Waals surface area contributed by atoms with Crippen LogP contribution in [0.25, 0.3) is 0 Å². The van der Waals surface area contributed by atoms with Crippen LogP contribution in [0.4, 0.5) is 5.69 Å². The van der Waals surface area contributed by atoms with Crippen molar-refractivity contribution in [3.63, 3.8) is 0 Å². The summed E-state index contributed by atoms with van der Waals surface area (Å²) in [6.45, 7) is 1.46. The molecular formula is C11H13NO5. The Bertz CT molecular complexity index is 443. The molecule has 3 N–H and O–H groups in total. The highest BCUT2D eigenvalue weighted by Crippen LogP contribution is 2.23. The van der Waals surface area contributed by atoms with Crippen molar-refractivity contribution in [3.8, 4) is 5.75 Å². The van der Waals surface area contributed by atoms with Crippen LogP contribution in [0.5, 0.6) is 5.75 Å². The molecule has 6 heteroatoms. The molecule has 0 heterocycles. The van der Waals surface area contributed by atoms with E-state index in [1.165, 1.54) is 32.2 Å². The van der Waals surface area contributed by atoms with E-state index in [1.54, 1.807) is 0 Å². The van der Waals surface area contributed by atoms with Crippen LogP contribution >= 0.6 is 0 Å². The minimum absolute atomic E-state index is 0.0374. The second kappa shape index (κ2) is 5.20. The molecule has 0 fully saturated rings. The second-order valence-electron chi connectivity index (χ2n) is 3.34. The van der Waals surface area contributed by atoms with Crippen LogP contribution in [0.2, 0.25) is 0 Å². The summed E-state index contributed by atoms with van der Waals surface area (Å²) in [5.74, 6) is -1.71. The van der Waals surface area contributed by atoms with Gasteiger partial charge in [0.2, 0.25) is 0 Å². The number of nitrogen functional groups attached to an aromatic ring is 1. The van der Waals surface area contributed by atoms with E-state index >= 15 is 0 Å². The quantitative estimate of drug-likeness (QED) is 0.598. The molecule has 0 radical (unpaired) electrons. The van der Waals surface area contributed by atoms with Gasteiger partial charge in [-0.25, -0.2) is 9.59 Å². The fourth-order valence-electron chi connectivity index (χ4n) is 1.22. The molecule has 0 spiro atoms. The largest absolute Gasteiger partial charge is 0.478 e. The molecule has 0 bridgehead atoms.